The largest absolute Gasteiger partial charge is 0.497 e. The number of benzene rings is 1. The highest BCUT2D eigenvalue weighted by atomic mass is 16.5. The predicted molar refractivity (Wildman–Crippen MR) is 97.6 cm³/mol. The number of methoxy groups -OCH3 is 1. The van der Waals surface area contributed by atoms with Crippen molar-refractivity contribution in [1.82, 2.24) is 20.4 Å². The minimum Gasteiger partial charge on any atom is -0.497 e. The lowest BCUT2D eigenvalue weighted by molar-refractivity contribution is 0.414. The normalized spacial score (nSPS) is 11.4. The molecule has 0 aliphatic rings. The van der Waals surface area contributed by atoms with Gasteiger partial charge in [0.1, 0.15) is 5.75 Å². The summed E-state index contributed by atoms with van der Waals surface area (Å²) in [5, 5.41) is 10.8. The van der Waals surface area contributed by atoms with Crippen molar-refractivity contribution in [3.8, 4) is 5.75 Å². The SMILES string of the molecule is CCNC(=NCCc1ccc(OC)cc1)NCCc1cnn(C)c1. The van der Waals surface area contributed by atoms with E-state index in [1.54, 1.807) is 7.11 Å². The lowest BCUT2D eigenvalue weighted by Gasteiger charge is -2.11. The first-order valence-corrected chi connectivity index (χ1v) is 8.34. The van der Waals surface area contributed by atoms with E-state index in [1.807, 2.05) is 36.3 Å². The first-order chi connectivity index (χ1) is 11.7. The average Bonchev–Trinajstić information content (AvgIpc) is 3.01. The maximum absolute atomic E-state index is 5.17. The number of nitrogens with one attached hydrogen (secondary N) is 2. The fourth-order valence-electron chi connectivity index (χ4n) is 2.36. The second kappa shape index (κ2) is 9.60. The van der Waals surface area contributed by atoms with Gasteiger partial charge in [-0.15, -0.1) is 0 Å². The highest BCUT2D eigenvalue weighted by Gasteiger charge is 2.00. The average molecular weight is 329 g/mol. The molecule has 6 heteroatoms. The molecule has 0 spiro atoms. The molecule has 1 heterocycles. The van der Waals surface area contributed by atoms with E-state index < -0.39 is 0 Å². The van der Waals surface area contributed by atoms with E-state index in [1.165, 1.54) is 11.1 Å². The van der Waals surface area contributed by atoms with Gasteiger partial charge in [-0.2, -0.15) is 5.10 Å². The van der Waals surface area contributed by atoms with Crippen LogP contribution in [0.1, 0.15) is 18.1 Å². The molecule has 0 aliphatic carbocycles. The Morgan fingerprint density at radius 1 is 1.17 bits per heavy atom. The summed E-state index contributed by atoms with van der Waals surface area (Å²) in [4.78, 5) is 4.63. The van der Waals surface area contributed by atoms with Gasteiger partial charge in [-0.3, -0.25) is 9.67 Å². The molecule has 0 unspecified atom stereocenters. The van der Waals surface area contributed by atoms with E-state index >= 15 is 0 Å². The molecule has 2 aromatic rings. The molecular formula is C18H27N5O. The molecule has 1 aromatic heterocycles. The van der Waals surface area contributed by atoms with Gasteiger partial charge < -0.3 is 15.4 Å². The third kappa shape index (κ3) is 5.95. The van der Waals surface area contributed by atoms with E-state index in [4.69, 9.17) is 4.74 Å². The van der Waals surface area contributed by atoms with Crippen LogP contribution in [-0.2, 0) is 19.9 Å². The van der Waals surface area contributed by atoms with Gasteiger partial charge in [0.05, 0.1) is 13.3 Å². The molecule has 130 valence electrons. The van der Waals surface area contributed by atoms with Crippen molar-refractivity contribution in [3.63, 3.8) is 0 Å². The van der Waals surface area contributed by atoms with Crippen molar-refractivity contribution in [2.75, 3.05) is 26.7 Å². The number of nitrogens with zero attached hydrogens (tertiary/aromatic N) is 3. The first-order valence-electron chi connectivity index (χ1n) is 8.34. The molecule has 0 bridgehead atoms. The smallest absolute Gasteiger partial charge is 0.191 e. The Bertz CT molecular complexity index is 633. The number of rotatable bonds is 8. The van der Waals surface area contributed by atoms with Crippen molar-refractivity contribution >= 4 is 5.96 Å². The van der Waals surface area contributed by atoms with Crippen molar-refractivity contribution < 1.29 is 4.74 Å². The molecule has 2 rings (SSSR count). The lowest BCUT2D eigenvalue weighted by atomic mass is 10.1. The van der Waals surface area contributed by atoms with Crippen molar-refractivity contribution in [2.24, 2.45) is 12.0 Å². The fraction of sp³-hybridized carbons (Fsp3) is 0.444. The van der Waals surface area contributed by atoms with Gasteiger partial charge in [0, 0.05) is 32.9 Å². The van der Waals surface area contributed by atoms with Gasteiger partial charge in [-0.25, -0.2) is 0 Å². The molecule has 0 amide bonds. The van der Waals surface area contributed by atoms with Gasteiger partial charge >= 0.3 is 0 Å². The Morgan fingerprint density at radius 3 is 2.58 bits per heavy atom. The number of hydrogen-bond donors (Lipinski definition) is 2. The second-order valence-electron chi connectivity index (χ2n) is 5.56. The van der Waals surface area contributed by atoms with E-state index in [0.29, 0.717) is 0 Å². The van der Waals surface area contributed by atoms with Gasteiger partial charge in [-0.1, -0.05) is 12.1 Å². The van der Waals surface area contributed by atoms with Crippen LogP contribution in [0.15, 0.2) is 41.7 Å². The number of aliphatic imine (C=N–C) groups is 1. The minimum absolute atomic E-state index is 0.745. The Labute approximate surface area is 143 Å². The van der Waals surface area contributed by atoms with E-state index in [0.717, 1.165) is 44.2 Å². The molecule has 0 fully saturated rings. The Hall–Kier alpha value is -2.50. The summed E-state index contributed by atoms with van der Waals surface area (Å²) in [5.41, 5.74) is 2.48. The molecule has 0 saturated heterocycles. The maximum Gasteiger partial charge on any atom is 0.191 e. The molecule has 6 nitrogen and oxygen atoms in total. The van der Waals surface area contributed by atoms with E-state index in [2.05, 4.69) is 39.8 Å². The van der Waals surface area contributed by atoms with Gasteiger partial charge in [0.15, 0.2) is 5.96 Å². The molecule has 0 saturated carbocycles. The maximum atomic E-state index is 5.17. The highest BCUT2D eigenvalue weighted by molar-refractivity contribution is 5.79. The summed E-state index contributed by atoms with van der Waals surface area (Å²) < 4.78 is 7.00. The summed E-state index contributed by atoms with van der Waals surface area (Å²) >= 11 is 0. The quantitative estimate of drug-likeness (QED) is 0.572. The summed E-state index contributed by atoms with van der Waals surface area (Å²) in [5.74, 6) is 1.74. The van der Waals surface area contributed by atoms with E-state index in [9.17, 15) is 0 Å². The lowest BCUT2D eigenvalue weighted by Crippen LogP contribution is -2.38. The standard InChI is InChI=1S/C18H27N5O/c1-4-19-18(21-12-10-16-13-22-23(2)14-16)20-11-9-15-5-7-17(24-3)8-6-15/h5-8,13-14H,4,9-12H2,1-3H3,(H2,19,20,21). The van der Waals surface area contributed by atoms with Crippen LogP contribution in [0, 0.1) is 0 Å². The zero-order valence-corrected chi connectivity index (χ0v) is 14.7. The summed E-state index contributed by atoms with van der Waals surface area (Å²) in [6.07, 6.45) is 5.77. The summed E-state index contributed by atoms with van der Waals surface area (Å²) in [6.45, 7) is 4.50. The topological polar surface area (TPSA) is 63.5 Å². The van der Waals surface area contributed by atoms with Crippen LogP contribution in [0.4, 0.5) is 0 Å². The molecule has 1 aromatic carbocycles. The zero-order valence-electron chi connectivity index (χ0n) is 14.7. The predicted octanol–water partition coefficient (Wildman–Crippen LogP) is 1.77. The Balaban J connectivity index is 1.78. The number of ether oxygens (including phenoxy) is 1. The molecule has 0 aliphatic heterocycles. The fourth-order valence-corrected chi connectivity index (χ4v) is 2.36. The third-order valence-corrected chi connectivity index (χ3v) is 3.64. The number of aromatic nitrogens is 2. The van der Waals surface area contributed by atoms with Crippen LogP contribution < -0.4 is 15.4 Å². The Kier molecular flexibility index (Phi) is 7.14. The first kappa shape index (κ1) is 17.8. The van der Waals surface area contributed by atoms with Crippen LogP contribution in [0.5, 0.6) is 5.75 Å². The van der Waals surface area contributed by atoms with Crippen molar-refractivity contribution in [1.29, 1.82) is 0 Å². The minimum atomic E-state index is 0.745. The molecular weight excluding hydrogens is 302 g/mol. The van der Waals surface area contributed by atoms with Crippen LogP contribution >= 0.6 is 0 Å². The van der Waals surface area contributed by atoms with Crippen LogP contribution in [0.25, 0.3) is 0 Å². The van der Waals surface area contributed by atoms with Gasteiger partial charge in [-0.05, 0) is 43.0 Å². The van der Waals surface area contributed by atoms with Gasteiger partial charge in [0.2, 0.25) is 0 Å². The van der Waals surface area contributed by atoms with Crippen LogP contribution in [0.2, 0.25) is 0 Å². The zero-order chi connectivity index (χ0) is 17.2. The van der Waals surface area contributed by atoms with Crippen molar-refractivity contribution in [2.45, 2.75) is 19.8 Å². The van der Waals surface area contributed by atoms with Crippen molar-refractivity contribution in [3.05, 3.63) is 47.8 Å². The third-order valence-electron chi connectivity index (χ3n) is 3.64. The van der Waals surface area contributed by atoms with E-state index in [-0.39, 0.29) is 0 Å². The van der Waals surface area contributed by atoms with Gasteiger partial charge in [0.25, 0.3) is 0 Å². The monoisotopic (exact) mass is 329 g/mol. The number of aryl methyl sites for hydroxylation is 1. The Morgan fingerprint density at radius 2 is 1.96 bits per heavy atom. The second-order valence-corrected chi connectivity index (χ2v) is 5.56. The van der Waals surface area contributed by atoms with Crippen LogP contribution in [-0.4, -0.2) is 42.5 Å². The highest BCUT2D eigenvalue weighted by Crippen LogP contribution is 2.11. The van der Waals surface area contributed by atoms with Crippen LogP contribution in [0.3, 0.4) is 0 Å². The molecule has 2 N–H and O–H groups in total. The summed E-state index contributed by atoms with van der Waals surface area (Å²) in [7, 11) is 3.61. The summed E-state index contributed by atoms with van der Waals surface area (Å²) in [6, 6.07) is 8.13. The number of hydrogen-bond acceptors (Lipinski definition) is 3. The molecule has 0 atom stereocenters. The number of guanidine groups is 1. The molecule has 0 radical (unpaired) electrons. The molecule has 24 heavy (non-hydrogen) atoms.